The SMILES string of the molecule is CCOCc1nc(CC(N)CC)cs1. The topological polar surface area (TPSA) is 48.1 Å². The monoisotopic (exact) mass is 214 g/mol. The molecule has 0 saturated heterocycles. The molecule has 2 N–H and O–H groups in total. The first-order valence-electron chi connectivity index (χ1n) is 5.02. The van der Waals surface area contributed by atoms with Gasteiger partial charge in [0.1, 0.15) is 5.01 Å². The zero-order valence-corrected chi connectivity index (χ0v) is 9.64. The van der Waals surface area contributed by atoms with Crippen LogP contribution in [0.5, 0.6) is 0 Å². The minimum absolute atomic E-state index is 0.233. The van der Waals surface area contributed by atoms with Crippen LogP contribution in [0, 0.1) is 0 Å². The third-order valence-electron chi connectivity index (χ3n) is 2.02. The van der Waals surface area contributed by atoms with Crippen molar-refractivity contribution in [1.82, 2.24) is 4.98 Å². The molecule has 0 aliphatic rings. The van der Waals surface area contributed by atoms with Gasteiger partial charge in [0.25, 0.3) is 0 Å². The molecule has 0 aliphatic heterocycles. The van der Waals surface area contributed by atoms with Crippen LogP contribution in [0.25, 0.3) is 0 Å². The zero-order valence-electron chi connectivity index (χ0n) is 8.82. The lowest BCUT2D eigenvalue weighted by atomic mass is 10.1. The Morgan fingerprint density at radius 3 is 3.00 bits per heavy atom. The van der Waals surface area contributed by atoms with Crippen molar-refractivity contribution >= 4 is 11.3 Å². The Labute approximate surface area is 89.3 Å². The van der Waals surface area contributed by atoms with Crippen LogP contribution in [-0.4, -0.2) is 17.6 Å². The second-order valence-electron chi connectivity index (χ2n) is 3.24. The minimum Gasteiger partial charge on any atom is -0.375 e. The molecule has 0 fully saturated rings. The van der Waals surface area contributed by atoms with Crippen LogP contribution in [0.2, 0.25) is 0 Å². The summed E-state index contributed by atoms with van der Waals surface area (Å²) in [6, 6.07) is 0.233. The highest BCUT2D eigenvalue weighted by Gasteiger charge is 2.05. The van der Waals surface area contributed by atoms with Crippen LogP contribution in [0.4, 0.5) is 0 Å². The van der Waals surface area contributed by atoms with Gasteiger partial charge in [-0.1, -0.05) is 6.92 Å². The van der Waals surface area contributed by atoms with Gasteiger partial charge in [0.15, 0.2) is 0 Å². The molecule has 4 heteroatoms. The van der Waals surface area contributed by atoms with Crippen LogP contribution in [-0.2, 0) is 17.8 Å². The van der Waals surface area contributed by atoms with Crippen LogP contribution in [0.1, 0.15) is 31.0 Å². The molecule has 0 saturated carbocycles. The summed E-state index contributed by atoms with van der Waals surface area (Å²) in [4.78, 5) is 4.45. The number of hydrogen-bond acceptors (Lipinski definition) is 4. The number of nitrogens with two attached hydrogens (primary N) is 1. The van der Waals surface area contributed by atoms with E-state index >= 15 is 0 Å². The smallest absolute Gasteiger partial charge is 0.119 e. The molecule has 0 aromatic carbocycles. The molecule has 80 valence electrons. The molecule has 1 atom stereocenters. The summed E-state index contributed by atoms with van der Waals surface area (Å²) in [7, 11) is 0. The lowest BCUT2D eigenvalue weighted by Gasteiger charge is -2.04. The van der Waals surface area contributed by atoms with Crippen molar-refractivity contribution in [3.63, 3.8) is 0 Å². The fraction of sp³-hybridized carbons (Fsp3) is 0.700. The lowest BCUT2D eigenvalue weighted by molar-refractivity contribution is 0.133. The van der Waals surface area contributed by atoms with Crippen molar-refractivity contribution in [2.45, 2.75) is 39.3 Å². The number of hydrogen-bond donors (Lipinski definition) is 1. The standard InChI is InChI=1S/C10H18N2OS/c1-3-8(11)5-9-7-14-10(12-9)6-13-4-2/h7-8H,3-6,11H2,1-2H3. The van der Waals surface area contributed by atoms with E-state index in [1.807, 2.05) is 6.92 Å². The number of rotatable bonds is 6. The molecule has 0 amide bonds. The molecule has 0 spiro atoms. The molecule has 0 bridgehead atoms. The Bertz CT molecular complexity index is 262. The second-order valence-corrected chi connectivity index (χ2v) is 4.18. The van der Waals surface area contributed by atoms with E-state index in [1.54, 1.807) is 11.3 Å². The Balaban J connectivity index is 2.42. The maximum absolute atomic E-state index is 5.85. The van der Waals surface area contributed by atoms with E-state index in [1.165, 1.54) is 0 Å². The first kappa shape index (κ1) is 11.6. The van der Waals surface area contributed by atoms with E-state index in [4.69, 9.17) is 10.5 Å². The van der Waals surface area contributed by atoms with Crippen LogP contribution in [0.15, 0.2) is 5.38 Å². The fourth-order valence-corrected chi connectivity index (χ4v) is 1.85. The van der Waals surface area contributed by atoms with Crippen molar-refractivity contribution in [2.24, 2.45) is 5.73 Å². The molecule has 1 heterocycles. The summed E-state index contributed by atoms with van der Waals surface area (Å²) in [5.41, 5.74) is 6.94. The normalized spacial score (nSPS) is 13.1. The van der Waals surface area contributed by atoms with E-state index in [0.29, 0.717) is 6.61 Å². The first-order chi connectivity index (χ1) is 6.76. The number of aromatic nitrogens is 1. The summed E-state index contributed by atoms with van der Waals surface area (Å²) in [5.74, 6) is 0. The van der Waals surface area contributed by atoms with Gasteiger partial charge < -0.3 is 10.5 Å². The fourth-order valence-electron chi connectivity index (χ4n) is 1.11. The van der Waals surface area contributed by atoms with E-state index in [9.17, 15) is 0 Å². The molecule has 3 nitrogen and oxygen atoms in total. The summed E-state index contributed by atoms with van der Waals surface area (Å²) in [5, 5.41) is 3.12. The molecule has 1 aromatic heterocycles. The Morgan fingerprint density at radius 1 is 1.57 bits per heavy atom. The number of nitrogens with zero attached hydrogens (tertiary/aromatic N) is 1. The molecule has 1 rings (SSSR count). The van der Waals surface area contributed by atoms with Gasteiger partial charge in [-0.3, -0.25) is 0 Å². The van der Waals surface area contributed by atoms with E-state index < -0.39 is 0 Å². The predicted octanol–water partition coefficient (Wildman–Crippen LogP) is 1.96. The highest BCUT2D eigenvalue weighted by Crippen LogP contribution is 2.12. The molecule has 0 radical (unpaired) electrons. The predicted molar refractivity (Wildman–Crippen MR) is 59.4 cm³/mol. The van der Waals surface area contributed by atoms with Gasteiger partial charge >= 0.3 is 0 Å². The Kier molecular flexibility index (Phi) is 5.07. The molecule has 1 unspecified atom stereocenters. The van der Waals surface area contributed by atoms with Gasteiger partial charge in [-0.05, 0) is 13.3 Å². The van der Waals surface area contributed by atoms with E-state index in [-0.39, 0.29) is 6.04 Å². The van der Waals surface area contributed by atoms with Gasteiger partial charge in [0.2, 0.25) is 0 Å². The summed E-state index contributed by atoms with van der Waals surface area (Å²) < 4.78 is 5.28. The minimum atomic E-state index is 0.233. The summed E-state index contributed by atoms with van der Waals surface area (Å²) >= 11 is 1.65. The second kappa shape index (κ2) is 6.11. The average molecular weight is 214 g/mol. The van der Waals surface area contributed by atoms with Gasteiger partial charge in [-0.15, -0.1) is 11.3 Å². The Hall–Kier alpha value is -0.450. The van der Waals surface area contributed by atoms with E-state index in [0.717, 1.165) is 30.2 Å². The molecular weight excluding hydrogens is 196 g/mol. The quantitative estimate of drug-likeness (QED) is 0.787. The van der Waals surface area contributed by atoms with Crippen LogP contribution < -0.4 is 5.73 Å². The van der Waals surface area contributed by atoms with E-state index in [2.05, 4.69) is 17.3 Å². The van der Waals surface area contributed by atoms with Crippen molar-refractivity contribution < 1.29 is 4.74 Å². The van der Waals surface area contributed by atoms with Crippen molar-refractivity contribution in [3.8, 4) is 0 Å². The van der Waals surface area contributed by atoms with Crippen LogP contribution in [0.3, 0.4) is 0 Å². The largest absolute Gasteiger partial charge is 0.375 e. The van der Waals surface area contributed by atoms with Gasteiger partial charge in [0.05, 0.1) is 12.3 Å². The highest BCUT2D eigenvalue weighted by atomic mass is 32.1. The zero-order chi connectivity index (χ0) is 10.4. The maximum Gasteiger partial charge on any atom is 0.119 e. The third kappa shape index (κ3) is 3.74. The number of thiazole rings is 1. The maximum atomic E-state index is 5.85. The van der Waals surface area contributed by atoms with Crippen molar-refractivity contribution in [3.05, 3.63) is 16.1 Å². The average Bonchev–Trinajstić information content (AvgIpc) is 2.62. The first-order valence-corrected chi connectivity index (χ1v) is 5.90. The highest BCUT2D eigenvalue weighted by molar-refractivity contribution is 7.09. The molecular formula is C10H18N2OS. The summed E-state index contributed by atoms with van der Waals surface area (Å²) in [6.07, 6.45) is 1.87. The van der Waals surface area contributed by atoms with Crippen LogP contribution >= 0.6 is 11.3 Å². The molecule has 1 aromatic rings. The van der Waals surface area contributed by atoms with Gasteiger partial charge in [0, 0.05) is 24.4 Å². The third-order valence-corrected chi connectivity index (χ3v) is 2.90. The van der Waals surface area contributed by atoms with Crippen molar-refractivity contribution in [2.75, 3.05) is 6.61 Å². The molecule has 0 aliphatic carbocycles. The lowest BCUT2D eigenvalue weighted by Crippen LogP contribution is -2.21. The summed E-state index contributed by atoms with van der Waals surface area (Å²) in [6.45, 7) is 5.45. The van der Waals surface area contributed by atoms with Gasteiger partial charge in [-0.2, -0.15) is 0 Å². The van der Waals surface area contributed by atoms with Crippen molar-refractivity contribution in [1.29, 1.82) is 0 Å². The number of ether oxygens (including phenoxy) is 1. The molecule has 14 heavy (non-hydrogen) atoms. The van der Waals surface area contributed by atoms with Gasteiger partial charge in [-0.25, -0.2) is 4.98 Å². The Morgan fingerprint density at radius 2 is 2.36 bits per heavy atom.